The molecule has 1 aliphatic rings. The average molecular weight is 358 g/mol. The molecular formula is C18H18N2O4S. The molecule has 7 heteroatoms. The Hall–Kier alpha value is -2.41. The molecule has 0 spiro atoms. The van der Waals surface area contributed by atoms with Gasteiger partial charge < -0.3 is 18.3 Å². The van der Waals surface area contributed by atoms with E-state index >= 15 is 0 Å². The van der Waals surface area contributed by atoms with Gasteiger partial charge in [0.05, 0.1) is 12.9 Å². The number of furan rings is 1. The van der Waals surface area contributed by atoms with E-state index in [4.69, 9.17) is 18.3 Å². The Morgan fingerprint density at radius 2 is 2.24 bits per heavy atom. The normalized spacial score (nSPS) is 15.8. The van der Waals surface area contributed by atoms with Crippen LogP contribution < -0.4 is 9.47 Å². The van der Waals surface area contributed by atoms with E-state index in [1.54, 1.807) is 18.4 Å². The molecule has 130 valence electrons. The van der Waals surface area contributed by atoms with Crippen LogP contribution in [0.25, 0.3) is 11.7 Å². The van der Waals surface area contributed by atoms with E-state index in [-0.39, 0.29) is 6.10 Å². The molecule has 25 heavy (non-hydrogen) atoms. The first kappa shape index (κ1) is 16.1. The van der Waals surface area contributed by atoms with Crippen LogP contribution in [0.1, 0.15) is 25.0 Å². The van der Waals surface area contributed by atoms with E-state index < -0.39 is 0 Å². The minimum absolute atomic E-state index is 0.208. The van der Waals surface area contributed by atoms with Crippen LogP contribution in [0.5, 0.6) is 11.5 Å². The summed E-state index contributed by atoms with van der Waals surface area (Å²) < 4.78 is 22.6. The SMILES string of the molecule is CCOc1cc2c(cc1CSc1nnc(-c3ccco3)o1)OC(C)C2. The predicted octanol–water partition coefficient (Wildman–Crippen LogP) is 4.34. The van der Waals surface area contributed by atoms with Gasteiger partial charge in [0.1, 0.15) is 17.6 Å². The van der Waals surface area contributed by atoms with Crippen LogP contribution in [0.3, 0.4) is 0 Å². The molecule has 0 bridgehead atoms. The first-order chi connectivity index (χ1) is 12.2. The molecule has 0 amide bonds. The quantitative estimate of drug-likeness (QED) is 0.607. The molecule has 0 saturated carbocycles. The Labute approximate surface area is 149 Å². The van der Waals surface area contributed by atoms with Gasteiger partial charge in [-0.05, 0) is 38.1 Å². The predicted molar refractivity (Wildman–Crippen MR) is 93.0 cm³/mol. The van der Waals surface area contributed by atoms with Crippen LogP contribution in [-0.2, 0) is 12.2 Å². The lowest BCUT2D eigenvalue weighted by atomic mass is 10.1. The van der Waals surface area contributed by atoms with Crippen molar-refractivity contribution in [2.75, 3.05) is 6.61 Å². The van der Waals surface area contributed by atoms with Crippen molar-refractivity contribution in [2.45, 2.75) is 37.3 Å². The Morgan fingerprint density at radius 1 is 1.32 bits per heavy atom. The summed E-state index contributed by atoms with van der Waals surface area (Å²) in [7, 11) is 0. The van der Waals surface area contributed by atoms with E-state index in [0.717, 1.165) is 23.5 Å². The number of thioether (sulfide) groups is 1. The zero-order valence-electron chi connectivity index (χ0n) is 14.0. The molecule has 1 aliphatic heterocycles. The van der Waals surface area contributed by atoms with Gasteiger partial charge in [-0.15, -0.1) is 10.2 Å². The highest BCUT2D eigenvalue weighted by atomic mass is 32.2. The van der Waals surface area contributed by atoms with Gasteiger partial charge in [-0.2, -0.15) is 0 Å². The van der Waals surface area contributed by atoms with Crippen molar-refractivity contribution < 1.29 is 18.3 Å². The van der Waals surface area contributed by atoms with Crippen molar-refractivity contribution in [3.63, 3.8) is 0 Å². The fourth-order valence-electron chi connectivity index (χ4n) is 2.79. The Balaban J connectivity index is 1.51. The number of nitrogens with zero attached hydrogens (tertiary/aromatic N) is 2. The van der Waals surface area contributed by atoms with Crippen LogP contribution in [0, 0.1) is 0 Å². The van der Waals surface area contributed by atoms with Crippen molar-refractivity contribution in [2.24, 2.45) is 0 Å². The van der Waals surface area contributed by atoms with Crippen LogP contribution in [0.2, 0.25) is 0 Å². The molecule has 2 aromatic heterocycles. The summed E-state index contributed by atoms with van der Waals surface area (Å²) in [5.41, 5.74) is 2.25. The zero-order valence-corrected chi connectivity index (χ0v) is 14.8. The molecule has 0 saturated heterocycles. The van der Waals surface area contributed by atoms with E-state index in [2.05, 4.69) is 29.3 Å². The average Bonchev–Trinajstić information content (AvgIpc) is 3.32. The molecule has 0 fully saturated rings. The fourth-order valence-corrected chi connectivity index (χ4v) is 3.53. The van der Waals surface area contributed by atoms with Gasteiger partial charge in [-0.1, -0.05) is 11.8 Å². The van der Waals surface area contributed by atoms with Gasteiger partial charge in [0, 0.05) is 23.3 Å². The van der Waals surface area contributed by atoms with E-state index in [0.29, 0.717) is 29.2 Å². The minimum atomic E-state index is 0.208. The molecule has 1 unspecified atom stereocenters. The molecule has 1 aromatic carbocycles. The number of hydrogen-bond acceptors (Lipinski definition) is 7. The molecule has 0 aliphatic carbocycles. The fraction of sp³-hybridized carbons (Fsp3) is 0.333. The molecule has 0 N–H and O–H groups in total. The smallest absolute Gasteiger partial charge is 0.284 e. The summed E-state index contributed by atoms with van der Waals surface area (Å²) >= 11 is 1.46. The molecule has 0 radical (unpaired) electrons. The highest BCUT2D eigenvalue weighted by Gasteiger charge is 2.22. The molecule has 3 heterocycles. The summed E-state index contributed by atoms with van der Waals surface area (Å²) in [5, 5.41) is 8.56. The molecule has 6 nitrogen and oxygen atoms in total. The summed E-state index contributed by atoms with van der Waals surface area (Å²) in [6.07, 6.45) is 2.70. The molecular weight excluding hydrogens is 340 g/mol. The van der Waals surface area contributed by atoms with Crippen molar-refractivity contribution in [1.29, 1.82) is 0 Å². The van der Waals surface area contributed by atoms with Gasteiger partial charge >= 0.3 is 0 Å². The summed E-state index contributed by atoms with van der Waals surface area (Å²) in [6.45, 7) is 4.68. The highest BCUT2D eigenvalue weighted by Crippen LogP contribution is 2.37. The van der Waals surface area contributed by atoms with E-state index in [1.807, 2.05) is 6.92 Å². The van der Waals surface area contributed by atoms with Gasteiger partial charge in [-0.3, -0.25) is 0 Å². The number of hydrogen-bond donors (Lipinski definition) is 0. The second-order valence-corrected chi connectivity index (χ2v) is 6.70. The maximum atomic E-state index is 5.86. The van der Waals surface area contributed by atoms with Crippen LogP contribution in [0.4, 0.5) is 0 Å². The highest BCUT2D eigenvalue weighted by molar-refractivity contribution is 7.98. The Morgan fingerprint density at radius 3 is 3.04 bits per heavy atom. The van der Waals surface area contributed by atoms with Crippen molar-refractivity contribution in [3.8, 4) is 23.1 Å². The van der Waals surface area contributed by atoms with Gasteiger partial charge in [0.25, 0.3) is 11.1 Å². The second-order valence-electron chi connectivity index (χ2n) is 5.77. The van der Waals surface area contributed by atoms with E-state index in [1.165, 1.54) is 17.3 Å². The maximum Gasteiger partial charge on any atom is 0.284 e. The molecule has 3 aromatic rings. The first-order valence-corrected chi connectivity index (χ1v) is 9.17. The van der Waals surface area contributed by atoms with Crippen molar-refractivity contribution >= 4 is 11.8 Å². The molecule has 4 rings (SSSR count). The maximum absolute atomic E-state index is 5.86. The lowest BCUT2D eigenvalue weighted by Crippen LogP contribution is -2.05. The van der Waals surface area contributed by atoms with Crippen LogP contribution >= 0.6 is 11.8 Å². The third-order valence-electron chi connectivity index (χ3n) is 3.87. The number of aromatic nitrogens is 2. The van der Waals surface area contributed by atoms with Gasteiger partial charge in [0.15, 0.2) is 5.76 Å². The van der Waals surface area contributed by atoms with Crippen LogP contribution in [-0.4, -0.2) is 22.9 Å². The summed E-state index contributed by atoms with van der Waals surface area (Å²) in [6, 6.07) is 7.71. The second kappa shape index (κ2) is 6.84. The van der Waals surface area contributed by atoms with Crippen molar-refractivity contribution in [1.82, 2.24) is 10.2 Å². The lowest BCUT2D eigenvalue weighted by Gasteiger charge is -2.11. The van der Waals surface area contributed by atoms with Gasteiger partial charge in [-0.25, -0.2) is 0 Å². The number of benzene rings is 1. The lowest BCUT2D eigenvalue weighted by molar-refractivity contribution is 0.254. The monoisotopic (exact) mass is 358 g/mol. The minimum Gasteiger partial charge on any atom is -0.494 e. The number of rotatable bonds is 6. The Kier molecular flexibility index (Phi) is 4.40. The Bertz CT molecular complexity index is 860. The first-order valence-electron chi connectivity index (χ1n) is 8.18. The van der Waals surface area contributed by atoms with Gasteiger partial charge in [0.2, 0.25) is 0 Å². The third kappa shape index (κ3) is 3.37. The van der Waals surface area contributed by atoms with E-state index in [9.17, 15) is 0 Å². The van der Waals surface area contributed by atoms with Crippen LogP contribution in [0.15, 0.2) is 44.6 Å². The largest absolute Gasteiger partial charge is 0.494 e. The topological polar surface area (TPSA) is 70.5 Å². The molecule has 1 atom stereocenters. The standard InChI is InChI=1S/C18H18N2O4S/c1-3-21-15-8-12-7-11(2)23-16(12)9-13(15)10-25-18-20-19-17(24-18)14-5-4-6-22-14/h4-6,8-9,11H,3,7,10H2,1-2H3. The van der Waals surface area contributed by atoms with Crippen molar-refractivity contribution in [3.05, 3.63) is 41.7 Å². The summed E-state index contributed by atoms with van der Waals surface area (Å²) in [5.74, 6) is 3.42. The number of fused-ring (bicyclic) bond motifs is 1. The zero-order chi connectivity index (χ0) is 17.2. The third-order valence-corrected chi connectivity index (χ3v) is 4.74. The summed E-state index contributed by atoms with van der Waals surface area (Å²) in [4.78, 5) is 0. The number of ether oxygens (including phenoxy) is 2.